The van der Waals surface area contributed by atoms with Gasteiger partial charge in [-0.2, -0.15) is 0 Å². The molecule has 2 atom stereocenters. The third-order valence-electron chi connectivity index (χ3n) is 6.09. The molecule has 9 heteroatoms. The summed E-state index contributed by atoms with van der Waals surface area (Å²) < 4.78 is 11.3. The fourth-order valence-corrected chi connectivity index (χ4v) is 4.08. The van der Waals surface area contributed by atoms with Crippen LogP contribution in [0.3, 0.4) is 0 Å². The number of ether oxygens (including phenoxy) is 2. The SMILES string of the molecule is CNC(=O)c1cc(C(=O)NCCC[C@H]2CN(C(=O)OC(C)(C)C)CCO2)cc([C@@H](C)c2ccccc2)n1. The summed E-state index contributed by atoms with van der Waals surface area (Å²) >= 11 is 0. The lowest BCUT2D eigenvalue weighted by Gasteiger charge is -2.34. The highest BCUT2D eigenvalue weighted by Gasteiger charge is 2.28. The van der Waals surface area contributed by atoms with E-state index in [1.54, 1.807) is 11.0 Å². The number of nitrogens with one attached hydrogen (secondary N) is 2. The van der Waals surface area contributed by atoms with Gasteiger partial charge in [-0.3, -0.25) is 9.59 Å². The Labute approximate surface area is 218 Å². The number of carbonyl (C=O) groups excluding carboxylic acids is 3. The van der Waals surface area contributed by atoms with Gasteiger partial charge in [-0.05, 0) is 51.3 Å². The van der Waals surface area contributed by atoms with E-state index in [-0.39, 0.29) is 35.6 Å². The Morgan fingerprint density at radius 2 is 1.89 bits per heavy atom. The van der Waals surface area contributed by atoms with Gasteiger partial charge in [-0.1, -0.05) is 37.3 Å². The van der Waals surface area contributed by atoms with E-state index in [0.29, 0.717) is 50.3 Å². The van der Waals surface area contributed by atoms with Crippen molar-refractivity contribution in [3.8, 4) is 0 Å². The van der Waals surface area contributed by atoms with Crippen LogP contribution in [0.2, 0.25) is 0 Å². The number of benzene rings is 1. The Morgan fingerprint density at radius 3 is 2.57 bits per heavy atom. The molecule has 2 aromatic rings. The number of pyridine rings is 1. The summed E-state index contributed by atoms with van der Waals surface area (Å²) in [5.41, 5.74) is 1.74. The van der Waals surface area contributed by atoms with Crippen LogP contribution in [0.1, 0.15) is 78.6 Å². The summed E-state index contributed by atoms with van der Waals surface area (Å²) in [5, 5.41) is 5.52. The maximum absolute atomic E-state index is 13.0. The quantitative estimate of drug-likeness (QED) is 0.524. The Morgan fingerprint density at radius 1 is 1.16 bits per heavy atom. The molecular formula is C28H38N4O5. The van der Waals surface area contributed by atoms with E-state index >= 15 is 0 Å². The zero-order chi connectivity index (χ0) is 27.0. The van der Waals surface area contributed by atoms with E-state index in [4.69, 9.17) is 9.47 Å². The Balaban J connectivity index is 1.58. The van der Waals surface area contributed by atoms with Gasteiger partial charge in [-0.15, -0.1) is 0 Å². The first-order valence-electron chi connectivity index (χ1n) is 12.7. The third-order valence-corrected chi connectivity index (χ3v) is 6.09. The van der Waals surface area contributed by atoms with Crippen LogP contribution in [0.5, 0.6) is 0 Å². The van der Waals surface area contributed by atoms with Crippen molar-refractivity contribution >= 4 is 17.9 Å². The molecule has 1 fully saturated rings. The molecule has 2 heterocycles. The minimum atomic E-state index is -0.543. The molecular weight excluding hydrogens is 472 g/mol. The maximum Gasteiger partial charge on any atom is 0.410 e. The lowest BCUT2D eigenvalue weighted by atomic mass is 9.96. The summed E-state index contributed by atoms with van der Waals surface area (Å²) in [6.45, 7) is 9.39. The number of amides is 3. The molecule has 0 unspecified atom stereocenters. The van der Waals surface area contributed by atoms with Crippen molar-refractivity contribution in [1.29, 1.82) is 0 Å². The maximum atomic E-state index is 13.0. The molecule has 0 saturated carbocycles. The summed E-state index contributed by atoms with van der Waals surface area (Å²) in [4.78, 5) is 43.8. The minimum Gasteiger partial charge on any atom is -0.444 e. The Bertz CT molecular complexity index is 1080. The van der Waals surface area contributed by atoms with Crippen molar-refractivity contribution in [1.82, 2.24) is 20.5 Å². The van der Waals surface area contributed by atoms with Gasteiger partial charge < -0.3 is 25.0 Å². The second kappa shape index (κ2) is 12.7. The van der Waals surface area contributed by atoms with E-state index in [1.165, 1.54) is 13.1 Å². The number of aromatic nitrogens is 1. The molecule has 200 valence electrons. The Kier molecular flexibility index (Phi) is 9.63. The molecule has 1 aliphatic rings. The molecule has 0 aliphatic carbocycles. The van der Waals surface area contributed by atoms with Crippen LogP contribution >= 0.6 is 0 Å². The minimum absolute atomic E-state index is 0.0891. The van der Waals surface area contributed by atoms with Gasteiger partial charge in [0.1, 0.15) is 11.3 Å². The zero-order valence-corrected chi connectivity index (χ0v) is 22.4. The number of nitrogens with zero attached hydrogens (tertiary/aromatic N) is 2. The summed E-state index contributed by atoms with van der Waals surface area (Å²) in [7, 11) is 1.54. The van der Waals surface area contributed by atoms with E-state index in [0.717, 1.165) is 5.56 Å². The Hall–Kier alpha value is -3.46. The van der Waals surface area contributed by atoms with Gasteiger partial charge in [0.2, 0.25) is 0 Å². The molecule has 1 aromatic heterocycles. The zero-order valence-electron chi connectivity index (χ0n) is 22.4. The molecule has 0 spiro atoms. The van der Waals surface area contributed by atoms with Crippen molar-refractivity contribution in [2.45, 2.75) is 58.2 Å². The molecule has 9 nitrogen and oxygen atoms in total. The normalized spacial score (nSPS) is 16.6. The van der Waals surface area contributed by atoms with Crippen molar-refractivity contribution in [2.75, 3.05) is 33.3 Å². The van der Waals surface area contributed by atoms with Gasteiger partial charge >= 0.3 is 6.09 Å². The highest BCUT2D eigenvalue weighted by Crippen LogP contribution is 2.24. The van der Waals surface area contributed by atoms with Crippen LogP contribution in [-0.4, -0.2) is 72.8 Å². The van der Waals surface area contributed by atoms with Gasteiger partial charge in [0.05, 0.1) is 19.3 Å². The standard InChI is InChI=1S/C28H38N4O5/c1-19(20-10-7-6-8-11-20)23-16-21(17-24(31-23)26(34)29-5)25(33)30-13-9-12-22-18-32(14-15-36-22)27(35)37-28(2,3)4/h6-8,10-11,16-17,19,22H,9,12-15,18H2,1-5H3,(H,29,34)(H,30,33)/t19-,22-/m0/s1. The summed E-state index contributed by atoms with van der Waals surface area (Å²) in [6.07, 6.45) is 0.922. The van der Waals surface area contributed by atoms with E-state index in [1.807, 2.05) is 58.0 Å². The average molecular weight is 511 g/mol. The monoisotopic (exact) mass is 510 g/mol. The van der Waals surface area contributed by atoms with Crippen molar-refractivity contribution < 1.29 is 23.9 Å². The molecule has 1 aliphatic heterocycles. The molecule has 1 aromatic carbocycles. The summed E-state index contributed by atoms with van der Waals surface area (Å²) in [6, 6.07) is 13.1. The number of carbonyl (C=O) groups is 3. The van der Waals surface area contributed by atoms with E-state index < -0.39 is 5.60 Å². The fraction of sp³-hybridized carbons (Fsp3) is 0.500. The predicted molar refractivity (Wildman–Crippen MR) is 141 cm³/mol. The van der Waals surface area contributed by atoms with Crippen molar-refractivity contribution in [3.63, 3.8) is 0 Å². The first kappa shape index (κ1) is 28.1. The highest BCUT2D eigenvalue weighted by molar-refractivity contribution is 5.98. The van der Waals surface area contributed by atoms with Crippen LogP contribution in [0.15, 0.2) is 42.5 Å². The molecule has 0 radical (unpaired) electrons. The molecule has 3 rings (SSSR count). The average Bonchev–Trinajstić information content (AvgIpc) is 2.89. The van der Waals surface area contributed by atoms with Gasteiger partial charge in [-0.25, -0.2) is 9.78 Å². The van der Waals surface area contributed by atoms with Gasteiger partial charge in [0.15, 0.2) is 0 Å². The molecule has 1 saturated heterocycles. The first-order valence-corrected chi connectivity index (χ1v) is 12.7. The van der Waals surface area contributed by atoms with Crippen LogP contribution in [0.4, 0.5) is 4.79 Å². The lowest BCUT2D eigenvalue weighted by Crippen LogP contribution is -2.47. The summed E-state index contributed by atoms with van der Waals surface area (Å²) in [5.74, 6) is -0.706. The number of rotatable bonds is 8. The number of hydrogen-bond donors (Lipinski definition) is 2. The second-order valence-corrected chi connectivity index (χ2v) is 10.2. The van der Waals surface area contributed by atoms with Crippen LogP contribution in [-0.2, 0) is 9.47 Å². The lowest BCUT2D eigenvalue weighted by molar-refractivity contribution is -0.0449. The molecule has 3 amide bonds. The van der Waals surface area contributed by atoms with Gasteiger partial charge in [0, 0.05) is 37.3 Å². The molecule has 37 heavy (non-hydrogen) atoms. The van der Waals surface area contributed by atoms with E-state index in [2.05, 4.69) is 15.6 Å². The van der Waals surface area contributed by atoms with Crippen LogP contribution in [0.25, 0.3) is 0 Å². The third kappa shape index (κ3) is 8.28. The topological polar surface area (TPSA) is 110 Å². The number of morpholine rings is 1. The second-order valence-electron chi connectivity index (χ2n) is 10.2. The molecule has 0 bridgehead atoms. The molecule has 2 N–H and O–H groups in total. The van der Waals surface area contributed by atoms with Gasteiger partial charge in [0.25, 0.3) is 11.8 Å². The largest absolute Gasteiger partial charge is 0.444 e. The fourth-order valence-electron chi connectivity index (χ4n) is 4.08. The number of hydrogen-bond acceptors (Lipinski definition) is 6. The van der Waals surface area contributed by atoms with Crippen LogP contribution < -0.4 is 10.6 Å². The van der Waals surface area contributed by atoms with Crippen LogP contribution in [0, 0.1) is 0 Å². The van der Waals surface area contributed by atoms with Crippen molar-refractivity contribution in [3.05, 3.63) is 65.0 Å². The predicted octanol–water partition coefficient (Wildman–Crippen LogP) is 3.74. The van der Waals surface area contributed by atoms with E-state index in [9.17, 15) is 14.4 Å². The smallest absolute Gasteiger partial charge is 0.410 e. The van der Waals surface area contributed by atoms with Crippen molar-refractivity contribution in [2.24, 2.45) is 0 Å². The highest BCUT2D eigenvalue weighted by atomic mass is 16.6. The first-order chi connectivity index (χ1) is 17.6.